The molecule has 86 valence electrons. The van der Waals surface area contributed by atoms with Crippen LogP contribution >= 0.6 is 24.0 Å². The summed E-state index contributed by atoms with van der Waals surface area (Å²) in [6.45, 7) is 5.48. The van der Waals surface area contributed by atoms with Gasteiger partial charge in [0.15, 0.2) is 0 Å². The molecule has 0 aliphatic heterocycles. The average Bonchev–Trinajstić information content (AvgIpc) is 2.08. The average molecular weight is 248 g/mol. The first-order valence-corrected chi connectivity index (χ1v) is 5.31. The Hall–Kier alpha value is -0.240. The first-order chi connectivity index (χ1) is 6.55. The van der Waals surface area contributed by atoms with Crippen LogP contribution in [0.1, 0.15) is 19.4 Å². The lowest BCUT2D eigenvalue weighted by molar-refractivity contribution is 0.350. The van der Waals surface area contributed by atoms with Crippen LogP contribution in [0.15, 0.2) is 24.3 Å². The summed E-state index contributed by atoms with van der Waals surface area (Å²) in [7, 11) is 1.98. The lowest BCUT2D eigenvalue weighted by atomic mass is 9.86. The van der Waals surface area contributed by atoms with E-state index in [1.807, 2.05) is 25.2 Å². The number of rotatable bonds is 4. The molecule has 0 radical (unpaired) electrons. The molecule has 1 rings (SSSR count). The minimum absolute atomic E-state index is 0. The van der Waals surface area contributed by atoms with Crippen LogP contribution in [0.5, 0.6) is 0 Å². The smallest absolute Gasteiger partial charge is 0.0438 e. The minimum atomic E-state index is 0. The predicted octanol–water partition coefficient (Wildman–Crippen LogP) is 3.55. The fourth-order valence-electron chi connectivity index (χ4n) is 1.70. The molecule has 0 spiro atoms. The number of nitrogens with one attached hydrogen (secondary N) is 1. The van der Waals surface area contributed by atoms with Crippen molar-refractivity contribution in [1.29, 1.82) is 0 Å². The highest BCUT2D eigenvalue weighted by atomic mass is 35.5. The Morgan fingerprint density at radius 2 is 1.87 bits per heavy atom. The molecule has 3 heteroatoms. The zero-order valence-electron chi connectivity index (χ0n) is 9.51. The first kappa shape index (κ1) is 14.8. The molecule has 0 saturated heterocycles. The molecule has 1 aromatic rings. The van der Waals surface area contributed by atoms with Gasteiger partial charge in [0, 0.05) is 11.6 Å². The maximum absolute atomic E-state index is 6.11. The highest BCUT2D eigenvalue weighted by Crippen LogP contribution is 2.25. The van der Waals surface area contributed by atoms with Crippen LogP contribution in [0, 0.1) is 5.41 Å². The molecular formula is C12H19Cl2N. The Morgan fingerprint density at radius 3 is 2.40 bits per heavy atom. The fourth-order valence-corrected chi connectivity index (χ4v) is 1.90. The molecule has 0 unspecified atom stereocenters. The lowest BCUT2D eigenvalue weighted by Crippen LogP contribution is -2.28. The molecule has 0 saturated carbocycles. The summed E-state index contributed by atoms with van der Waals surface area (Å²) in [6.07, 6.45) is 1.01. The van der Waals surface area contributed by atoms with Gasteiger partial charge in [-0.05, 0) is 30.5 Å². The number of benzene rings is 1. The van der Waals surface area contributed by atoms with Gasteiger partial charge in [0.25, 0.3) is 0 Å². The van der Waals surface area contributed by atoms with Gasteiger partial charge in [-0.3, -0.25) is 0 Å². The molecule has 1 N–H and O–H groups in total. The summed E-state index contributed by atoms with van der Waals surface area (Å²) in [4.78, 5) is 0. The predicted molar refractivity (Wildman–Crippen MR) is 70.1 cm³/mol. The number of hydrogen-bond donors (Lipinski definition) is 1. The van der Waals surface area contributed by atoms with E-state index in [1.165, 1.54) is 5.56 Å². The molecule has 0 bridgehead atoms. The molecule has 0 aliphatic carbocycles. The van der Waals surface area contributed by atoms with Crippen molar-refractivity contribution in [2.24, 2.45) is 5.41 Å². The maximum atomic E-state index is 6.11. The standard InChI is InChI=1S/C12H18ClN.ClH/c1-12(2,9-14-3)8-10-6-4-5-7-11(10)13;/h4-7,14H,8-9H2,1-3H3;1H. The van der Waals surface area contributed by atoms with Gasteiger partial charge in [0.1, 0.15) is 0 Å². The van der Waals surface area contributed by atoms with E-state index in [2.05, 4.69) is 25.2 Å². The van der Waals surface area contributed by atoms with Crippen molar-refractivity contribution in [3.05, 3.63) is 34.9 Å². The second-order valence-corrected chi connectivity index (χ2v) is 4.87. The van der Waals surface area contributed by atoms with Crippen LogP contribution in [0.3, 0.4) is 0 Å². The zero-order valence-corrected chi connectivity index (χ0v) is 11.1. The van der Waals surface area contributed by atoms with Crippen molar-refractivity contribution in [3.8, 4) is 0 Å². The van der Waals surface area contributed by atoms with Gasteiger partial charge >= 0.3 is 0 Å². The van der Waals surface area contributed by atoms with Gasteiger partial charge in [-0.1, -0.05) is 43.6 Å². The monoisotopic (exact) mass is 247 g/mol. The lowest BCUT2D eigenvalue weighted by Gasteiger charge is -2.24. The first-order valence-electron chi connectivity index (χ1n) is 4.93. The Bertz CT molecular complexity index is 297. The number of hydrogen-bond acceptors (Lipinski definition) is 1. The van der Waals surface area contributed by atoms with E-state index in [9.17, 15) is 0 Å². The minimum Gasteiger partial charge on any atom is -0.319 e. The molecular weight excluding hydrogens is 229 g/mol. The summed E-state index contributed by atoms with van der Waals surface area (Å²) in [5.74, 6) is 0. The van der Waals surface area contributed by atoms with Crippen molar-refractivity contribution < 1.29 is 0 Å². The van der Waals surface area contributed by atoms with Crippen LogP contribution in [-0.2, 0) is 6.42 Å². The van der Waals surface area contributed by atoms with E-state index in [4.69, 9.17) is 11.6 Å². The summed E-state index contributed by atoms with van der Waals surface area (Å²) >= 11 is 6.11. The Morgan fingerprint density at radius 1 is 1.27 bits per heavy atom. The molecule has 0 aromatic heterocycles. The second-order valence-electron chi connectivity index (χ2n) is 4.46. The Labute approximate surface area is 104 Å². The van der Waals surface area contributed by atoms with E-state index in [-0.39, 0.29) is 17.8 Å². The second kappa shape index (κ2) is 6.37. The van der Waals surface area contributed by atoms with Crippen molar-refractivity contribution in [1.82, 2.24) is 5.32 Å². The summed E-state index contributed by atoms with van der Waals surface area (Å²) < 4.78 is 0. The van der Waals surface area contributed by atoms with Gasteiger partial charge in [0.2, 0.25) is 0 Å². The summed E-state index contributed by atoms with van der Waals surface area (Å²) in [6, 6.07) is 8.06. The van der Waals surface area contributed by atoms with E-state index in [0.717, 1.165) is 18.0 Å². The molecule has 15 heavy (non-hydrogen) atoms. The Balaban J connectivity index is 0.00000196. The molecule has 1 aromatic carbocycles. The van der Waals surface area contributed by atoms with Crippen LogP contribution in [0.25, 0.3) is 0 Å². The number of halogens is 2. The quantitative estimate of drug-likeness (QED) is 0.859. The highest BCUT2D eigenvalue weighted by Gasteiger charge is 2.18. The topological polar surface area (TPSA) is 12.0 Å². The largest absolute Gasteiger partial charge is 0.319 e. The van der Waals surface area contributed by atoms with Crippen molar-refractivity contribution in [3.63, 3.8) is 0 Å². The van der Waals surface area contributed by atoms with Gasteiger partial charge in [-0.2, -0.15) is 0 Å². The molecule has 0 fully saturated rings. The fraction of sp³-hybridized carbons (Fsp3) is 0.500. The third kappa shape index (κ3) is 4.87. The normalized spacial score (nSPS) is 10.9. The third-order valence-electron chi connectivity index (χ3n) is 2.28. The van der Waals surface area contributed by atoms with Crippen molar-refractivity contribution in [2.45, 2.75) is 20.3 Å². The van der Waals surface area contributed by atoms with E-state index in [0.29, 0.717) is 0 Å². The van der Waals surface area contributed by atoms with Gasteiger partial charge in [-0.15, -0.1) is 12.4 Å². The van der Waals surface area contributed by atoms with Crippen LogP contribution in [-0.4, -0.2) is 13.6 Å². The molecule has 0 aliphatic rings. The maximum Gasteiger partial charge on any atom is 0.0438 e. The molecule has 0 atom stereocenters. The third-order valence-corrected chi connectivity index (χ3v) is 2.65. The van der Waals surface area contributed by atoms with Gasteiger partial charge in [0.05, 0.1) is 0 Å². The van der Waals surface area contributed by atoms with Crippen LogP contribution in [0.4, 0.5) is 0 Å². The van der Waals surface area contributed by atoms with E-state index in [1.54, 1.807) is 0 Å². The SMILES string of the molecule is CNCC(C)(C)Cc1ccccc1Cl.Cl. The van der Waals surface area contributed by atoms with Crippen molar-refractivity contribution >= 4 is 24.0 Å². The van der Waals surface area contributed by atoms with Crippen molar-refractivity contribution in [2.75, 3.05) is 13.6 Å². The van der Waals surface area contributed by atoms with Crippen LogP contribution < -0.4 is 5.32 Å². The molecule has 0 heterocycles. The van der Waals surface area contributed by atoms with Gasteiger partial charge in [-0.25, -0.2) is 0 Å². The van der Waals surface area contributed by atoms with Gasteiger partial charge < -0.3 is 5.32 Å². The molecule has 1 nitrogen and oxygen atoms in total. The highest BCUT2D eigenvalue weighted by molar-refractivity contribution is 6.31. The summed E-state index contributed by atoms with van der Waals surface area (Å²) in [5, 5.41) is 4.08. The Kier molecular flexibility index (Phi) is 6.26. The molecule has 0 amide bonds. The zero-order chi connectivity index (χ0) is 10.6. The van der Waals surface area contributed by atoms with Crippen LogP contribution in [0.2, 0.25) is 5.02 Å². The van der Waals surface area contributed by atoms with E-state index < -0.39 is 0 Å². The summed E-state index contributed by atoms with van der Waals surface area (Å²) in [5.41, 5.74) is 1.48. The van der Waals surface area contributed by atoms with E-state index >= 15 is 0 Å².